The van der Waals surface area contributed by atoms with E-state index < -0.39 is 23.6 Å². The van der Waals surface area contributed by atoms with Gasteiger partial charge in [-0.3, -0.25) is 14.5 Å². The van der Waals surface area contributed by atoms with Crippen molar-refractivity contribution in [3.8, 4) is 5.75 Å². The van der Waals surface area contributed by atoms with Gasteiger partial charge in [-0.25, -0.2) is 8.78 Å². The summed E-state index contributed by atoms with van der Waals surface area (Å²) in [4.78, 5) is 31.8. The molecule has 2 heterocycles. The van der Waals surface area contributed by atoms with Gasteiger partial charge in [-0.15, -0.1) is 0 Å². The van der Waals surface area contributed by atoms with Crippen LogP contribution in [0.25, 0.3) is 0 Å². The molecule has 0 radical (unpaired) electrons. The zero-order valence-electron chi connectivity index (χ0n) is 20.3. The summed E-state index contributed by atoms with van der Waals surface area (Å²) in [5, 5.41) is 0. The largest absolute Gasteiger partial charge is 0.497 e. The summed E-state index contributed by atoms with van der Waals surface area (Å²) in [5.41, 5.74) is 0.308. The Bertz CT molecular complexity index is 1060. The van der Waals surface area contributed by atoms with Crippen LogP contribution in [0.4, 0.5) is 8.78 Å². The van der Waals surface area contributed by atoms with Gasteiger partial charge >= 0.3 is 0 Å². The van der Waals surface area contributed by atoms with Crippen molar-refractivity contribution in [3.05, 3.63) is 65.2 Å². The lowest BCUT2D eigenvalue weighted by Crippen LogP contribution is -2.52. The molecule has 1 atom stereocenters. The second kappa shape index (κ2) is 12.2. The molecule has 2 fully saturated rings. The Morgan fingerprint density at radius 2 is 1.89 bits per heavy atom. The van der Waals surface area contributed by atoms with Crippen molar-refractivity contribution in [2.45, 2.75) is 6.10 Å². The minimum absolute atomic E-state index is 0.168. The van der Waals surface area contributed by atoms with Crippen LogP contribution in [-0.2, 0) is 9.47 Å². The predicted octanol–water partition coefficient (Wildman–Crippen LogP) is 2.29. The quantitative estimate of drug-likeness (QED) is 0.551. The average molecular weight is 504 g/mol. The van der Waals surface area contributed by atoms with E-state index in [1.807, 2.05) is 0 Å². The van der Waals surface area contributed by atoms with Gasteiger partial charge in [0.15, 0.2) is 0 Å². The maximum Gasteiger partial charge on any atom is 0.257 e. The first-order valence-electron chi connectivity index (χ1n) is 12.0. The molecule has 1 unspecified atom stereocenters. The molecule has 2 aliphatic heterocycles. The number of amides is 2. The molecule has 36 heavy (non-hydrogen) atoms. The summed E-state index contributed by atoms with van der Waals surface area (Å²) in [6.45, 7) is 5.04. The van der Waals surface area contributed by atoms with Gasteiger partial charge in [0.25, 0.3) is 11.8 Å². The molecule has 2 saturated heterocycles. The topological polar surface area (TPSA) is 71.6 Å². The molecule has 0 aliphatic carbocycles. The lowest BCUT2D eigenvalue weighted by Gasteiger charge is -2.37. The molecule has 8 nitrogen and oxygen atoms in total. The Labute approximate surface area is 209 Å². The Morgan fingerprint density at radius 1 is 1.08 bits per heavy atom. The highest BCUT2D eigenvalue weighted by atomic mass is 19.1. The minimum Gasteiger partial charge on any atom is -0.497 e. The Morgan fingerprint density at radius 3 is 2.64 bits per heavy atom. The third kappa shape index (κ3) is 6.57. The third-order valence-electron chi connectivity index (χ3n) is 6.41. The maximum atomic E-state index is 14.2. The highest BCUT2D eigenvalue weighted by molar-refractivity contribution is 5.95. The van der Waals surface area contributed by atoms with Gasteiger partial charge in [0.05, 0.1) is 38.6 Å². The van der Waals surface area contributed by atoms with Crippen LogP contribution in [0.5, 0.6) is 5.75 Å². The number of hydrogen-bond donors (Lipinski definition) is 0. The van der Waals surface area contributed by atoms with E-state index in [4.69, 9.17) is 14.2 Å². The van der Waals surface area contributed by atoms with Crippen LogP contribution in [-0.4, -0.2) is 105 Å². The molecule has 2 amide bonds. The van der Waals surface area contributed by atoms with Crippen LogP contribution in [0, 0.1) is 11.6 Å². The smallest absolute Gasteiger partial charge is 0.257 e. The summed E-state index contributed by atoms with van der Waals surface area (Å²) in [6.07, 6.45) is -0.453. The highest BCUT2D eigenvalue weighted by Gasteiger charge is 2.30. The van der Waals surface area contributed by atoms with Crippen LogP contribution < -0.4 is 4.74 Å². The van der Waals surface area contributed by atoms with Crippen molar-refractivity contribution in [2.75, 3.05) is 72.7 Å². The third-order valence-corrected chi connectivity index (χ3v) is 6.41. The van der Waals surface area contributed by atoms with Crippen LogP contribution in [0.1, 0.15) is 20.7 Å². The number of carbonyl (C=O) groups excluding carboxylic acids is 2. The number of carbonyl (C=O) groups is 2. The summed E-state index contributed by atoms with van der Waals surface area (Å²) >= 11 is 0. The molecule has 4 rings (SSSR count). The molecule has 0 bridgehead atoms. The van der Waals surface area contributed by atoms with Crippen molar-refractivity contribution in [3.63, 3.8) is 0 Å². The van der Waals surface area contributed by atoms with Gasteiger partial charge in [-0.1, -0.05) is 6.07 Å². The second-order valence-corrected chi connectivity index (χ2v) is 8.81. The van der Waals surface area contributed by atoms with Crippen LogP contribution in [0.15, 0.2) is 42.5 Å². The summed E-state index contributed by atoms with van der Waals surface area (Å²) in [7, 11) is 1.55. The molecule has 2 aliphatic rings. The van der Waals surface area contributed by atoms with Crippen molar-refractivity contribution >= 4 is 11.8 Å². The molecule has 0 spiro atoms. The normalized spacial score (nSPS) is 18.6. The van der Waals surface area contributed by atoms with E-state index in [2.05, 4.69) is 4.90 Å². The van der Waals surface area contributed by atoms with E-state index in [0.717, 1.165) is 25.2 Å². The first kappa shape index (κ1) is 26.0. The molecule has 194 valence electrons. The van der Waals surface area contributed by atoms with Crippen LogP contribution in [0.3, 0.4) is 0 Å². The number of methoxy groups -OCH3 is 1. The van der Waals surface area contributed by atoms with E-state index in [1.54, 1.807) is 36.3 Å². The van der Waals surface area contributed by atoms with Gasteiger partial charge < -0.3 is 24.0 Å². The Balaban J connectivity index is 1.46. The number of morpholine rings is 2. The first-order valence-corrected chi connectivity index (χ1v) is 12.0. The van der Waals surface area contributed by atoms with E-state index in [0.29, 0.717) is 43.7 Å². The molecule has 0 N–H and O–H groups in total. The predicted molar refractivity (Wildman–Crippen MR) is 128 cm³/mol. The van der Waals surface area contributed by atoms with E-state index in [9.17, 15) is 18.4 Å². The van der Waals surface area contributed by atoms with E-state index in [-0.39, 0.29) is 37.7 Å². The van der Waals surface area contributed by atoms with Gasteiger partial charge in [-0.2, -0.15) is 0 Å². The van der Waals surface area contributed by atoms with Crippen LogP contribution in [0.2, 0.25) is 0 Å². The fraction of sp³-hybridized carbons (Fsp3) is 0.462. The zero-order valence-corrected chi connectivity index (χ0v) is 20.3. The molecular formula is C26H31F2N3O5. The van der Waals surface area contributed by atoms with Crippen molar-refractivity contribution < 1.29 is 32.6 Å². The average Bonchev–Trinajstić information content (AvgIpc) is 2.91. The number of halogens is 2. The van der Waals surface area contributed by atoms with Gasteiger partial charge in [0, 0.05) is 57.4 Å². The number of ether oxygens (including phenoxy) is 3. The van der Waals surface area contributed by atoms with Crippen molar-refractivity contribution in [2.24, 2.45) is 0 Å². The summed E-state index contributed by atoms with van der Waals surface area (Å²) in [6, 6.07) is 9.89. The van der Waals surface area contributed by atoms with Gasteiger partial charge in [0.2, 0.25) is 0 Å². The molecular weight excluding hydrogens is 472 g/mol. The van der Waals surface area contributed by atoms with E-state index in [1.165, 1.54) is 4.90 Å². The first-order chi connectivity index (χ1) is 17.4. The number of benzene rings is 2. The highest BCUT2D eigenvalue weighted by Crippen LogP contribution is 2.18. The maximum absolute atomic E-state index is 14.2. The fourth-order valence-corrected chi connectivity index (χ4v) is 4.39. The van der Waals surface area contributed by atoms with E-state index >= 15 is 0 Å². The Kier molecular flexibility index (Phi) is 8.84. The summed E-state index contributed by atoms with van der Waals surface area (Å²) in [5.74, 6) is -1.75. The molecule has 2 aromatic rings. The van der Waals surface area contributed by atoms with Crippen molar-refractivity contribution in [1.29, 1.82) is 0 Å². The zero-order chi connectivity index (χ0) is 25.5. The lowest BCUT2D eigenvalue weighted by atomic mass is 10.1. The Hall–Kier alpha value is -3.08. The number of hydrogen-bond acceptors (Lipinski definition) is 6. The van der Waals surface area contributed by atoms with Crippen LogP contribution >= 0.6 is 0 Å². The monoisotopic (exact) mass is 503 g/mol. The summed E-state index contributed by atoms with van der Waals surface area (Å²) < 4.78 is 44.1. The molecule has 0 saturated carbocycles. The molecule has 10 heteroatoms. The van der Waals surface area contributed by atoms with Gasteiger partial charge in [0.1, 0.15) is 17.4 Å². The SMILES string of the molecule is COc1cccc(C(=O)N(CCN2CCOCC2)CC2CN(C(=O)c3ccc(F)cc3F)CCO2)c1. The molecule has 2 aromatic carbocycles. The number of nitrogens with zero attached hydrogens (tertiary/aromatic N) is 3. The lowest BCUT2D eigenvalue weighted by molar-refractivity contribution is -0.0348. The fourth-order valence-electron chi connectivity index (χ4n) is 4.39. The van der Waals surface area contributed by atoms with Crippen molar-refractivity contribution in [1.82, 2.24) is 14.7 Å². The number of rotatable bonds is 8. The second-order valence-electron chi connectivity index (χ2n) is 8.81. The molecule has 0 aromatic heterocycles. The minimum atomic E-state index is -0.900. The van der Waals surface area contributed by atoms with Gasteiger partial charge in [-0.05, 0) is 30.3 Å². The standard InChI is InChI=1S/C26H31F2N3O5/c1-34-21-4-2-3-19(15-21)25(32)30(8-7-29-9-12-35-13-10-29)17-22-18-31(11-14-36-22)26(33)23-6-5-20(27)16-24(23)28/h2-6,15-16,22H,7-14,17-18H2,1H3.